The van der Waals surface area contributed by atoms with E-state index in [9.17, 15) is 4.79 Å². The summed E-state index contributed by atoms with van der Waals surface area (Å²) >= 11 is 0. The van der Waals surface area contributed by atoms with E-state index in [1.54, 1.807) is 0 Å². The van der Waals surface area contributed by atoms with Crippen molar-refractivity contribution in [3.05, 3.63) is 12.2 Å². The summed E-state index contributed by atoms with van der Waals surface area (Å²) in [4.78, 5) is 10.1. The molecule has 2 unspecified atom stereocenters. The van der Waals surface area contributed by atoms with Crippen molar-refractivity contribution in [1.29, 1.82) is 0 Å². The quantitative estimate of drug-likeness (QED) is 0.116. The van der Waals surface area contributed by atoms with Crippen LogP contribution in [0.4, 0.5) is 0 Å². The average Bonchev–Trinajstić information content (AvgIpc) is 3.61. The van der Waals surface area contributed by atoms with Gasteiger partial charge in [-0.15, -0.1) is 0 Å². The van der Waals surface area contributed by atoms with E-state index < -0.39 is 0 Å². The van der Waals surface area contributed by atoms with Crippen LogP contribution in [0.2, 0.25) is 0 Å². The standard InChI is InChI=1S/C18H34O.C6H10O3/c1-2-3-4-5-6-7-8-9-10-11-12-13-14-15-16-17-18-19;1(5-3-8-5)7-2-6-4-9-6/h9-10,18H,2-8,11-17H2,1H3;5-6H,1-4H2/b10-9-;. The van der Waals surface area contributed by atoms with E-state index in [0.717, 1.165) is 45.6 Å². The molecule has 0 aromatic carbocycles. The fourth-order valence-corrected chi connectivity index (χ4v) is 2.96. The average molecular weight is 397 g/mol. The molecule has 4 nitrogen and oxygen atoms in total. The molecule has 2 fully saturated rings. The van der Waals surface area contributed by atoms with Gasteiger partial charge in [-0.25, -0.2) is 0 Å². The molecule has 0 N–H and O–H groups in total. The third-order valence-corrected chi connectivity index (χ3v) is 5.00. The van der Waals surface area contributed by atoms with E-state index in [2.05, 4.69) is 19.1 Å². The molecule has 0 saturated carbocycles. The number of ether oxygens (including phenoxy) is 3. The van der Waals surface area contributed by atoms with E-state index in [0.29, 0.717) is 12.2 Å². The van der Waals surface area contributed by atoms with Gasteiger partial charge in [0.05, 0.1) is 26.4 Å². The Morgan fingerprint density at radius 3 is 1.57 bits per heavy atom. The Labute approximate surface area is 173 Å². The first-order valence-corrected chi connectivity index (χ1v) is 11.8. The van der Waals surface area contributed by atoms with Gasteiger partial charge in [0.25, 0.3) is 0 Å². The van der Waals surface area contributed by atoms with Crippen molar-refractivity contribution in [2.45, 2.75) is 109 Å². The highest BCUT2D eigenvalue weighted by Crippen LogP contribution is 2.12. The largest absolute Gasteiger partial charge is 0.376 e. The molecule has 4 heteroatoms. The number of allylic oxidation sites excluding steroid dienone is 2. The highest BCUT2D eigenvalue weighted by atomic mass is 16.6. The Morgan fingerprint density at radius 1 is 0.714 bits per heavy atom. The van der Waals surface area contributed by atoms with Gasteiger partial charge in [-0.3, -0.25) is 0 Å². The van der Waals surface area contributed by atoms with Crippen molar-refractivity contribution in [1.82, 2.24) is 0 Å². The highest BCUT2D eigenvalue weighted by molar-refractivity contribution is 5.48. The topological polar surface area (TPSA) is 51.4 Å². The van der Waals surface area contributed by atoms with Gasteiger partial charge in [0.2, 0.25) is 0 Å². The summed E-state index contributed by atoms with van der Waals surface area (Å²) in [6.45, 7) is 5.53. The third kappa shape index (κ3) is 20.0. The molecule has 164 valence electrons. The maximum absolute atomic E-state index is 10.1. The van der Waals surface area contributed by atoms with Gasteiger partial charge in [-0.05, 0) is 32.1 Å². The van der Waals surface area contributed by atoms with Crippen LogP contribution in [0.5, 0.6) is 0 Å². The first kappa shape index (κ1) is 25.3. The van der Waals surface area contributed by atoms with Crippen molar-refractivity contribution in [3.63, 3.8) is 0 Å². The lowest BCUT2D eigenvalue weighted by atomic mass is 10.1. The number of carbonyl (C=O) groups excluding carboxylic acids is 1. The minimum absolute atomic E-state index is 0.392. The van der Waals surface area contributed by atoms with E-state index in [1.807, 2.05) is 0 Å². The van der Waals surface area contributed by atoms with Gasteiger partial charge < -0.3 is 19.0 Å². The molecule has 0 aromatic rings. The van der Waals surface area contributed by atoms with Crippen molar-refractivity contribution in [2.24, 2.45) is 0 Å². The Kier molecular flexibility index (Phi) is 17.7. The maximum Gasteiger partial charge on any atom is 0.119 e. The number of rotatable bonds is 19. The zero-order valence-electron chi connectivity index (χ0n) is 18.2. The van der Waals surface area contributed by atoms with E-state index in [4.69, 9.17) is 14.2 Å². The first-order chi connectivity index (χ1) is 13.9. The monoisotopic (exact) mass is 396 g/mol. The summed E-state index contributed by atoms with van der Waals surface area (Å²) in [5.74, 6) is 0. The Morgan fingerprint density at radius 2 is 1.14 bits per heavy atom. The summed E-state index contributed by atoms with van der Waals surface area (Å²) in [7, 11) is 0. The van der Waals surface area contributed by atoms with Gasteiger partial charge in [0.15, 0.2) is 0 Å². The van der Waals surface area contributed by atoms with Gasteiger partial charge in [-0.1, -0.05) is 70.4 Å². The summed E-state index contributed by atoms with van der Waals surface area (Å²) in [5.41, 5.74) is 0. The smallest absolute Gasteiger partial charge is 0.119 e. The normalized spacial score (nSPS) is 20.0. The summed E-state index contributed by atoms with van der Waals surface area (Å²) in [5, 5.41) is 0. The van der Waals surface area contributed by atoms with Crippen LogP contribution >= 0.6 is 0 Å². The molecular weight excluding hydrogens is 352 g/mol. The van der Waals surface area contributed by atoms with Gasteiger partial charge in [0, 0.05) is 6.42 Å². The van der Waals surface area contributed by atoms with Crippen LogP contribution in [0.15, 0.2) is 12.2 Å². The molecule has 0 radical (unpaired) electrons. The number of epoxide rings is 2. The van der Waals surface area contributed by atoms with E-state index >= 15 is 0 Å². The predicted molar refractivity (Wildman–Crippen MR) is 116 cm³/mol. The Balaban J connectivity index is 0.000000354. The van der Waals surface area contributed by atoms with Crippen molar-refractivity contribution in [3.8, 4) is 0 Å². The molecular formula is C24H44O4. The molecule has 2 atom stereocenters. The summed E-state index contributed by atoms with van der Waals surface area (Å²) in [6, 6.07) is 0. The third-order valence-electron chi connectivity index (χ3n) is 5.00. The SMILES string of the molecule is C(OCC1CO1)C1CO1.CCCCCCCC/C=C\CCCCCCCC=O. The minimum atomic E-state index is 0.392. The Bertz CT molecular complexity index is 350. The molecule has 2 heterocycles. The predicted octanol–water partition coefficient (Wildman–Crippen LogP) is 6.02. The Hall–Kier alpha value is -0.710. The van der Waals surface area contributed by atoms with Crippen LogP contribution in [0.3, 0.4) is 0 Å². The zero-order valence-corrected chi connectivity index (χ0v) is 18.2. The lowest BCUT2D eigenvalue weighted by molar-refractivity contribution is -0.107. The number of hydrogen-bond donors (Lipinski definition) is 0. The fourth-order valence-electron chi connectivity index (χ4n) is 2.96. The van der Waals surface area contributed by atoms with E-state index in [1.165, 1.54) is 77.0 Å². The van der Waals surface area contributed by atoms with Crippen LogP contribution in [-0.4, -0.2) is 44.9 Å². The fraction of sp³-hybridized carbons (Fsp3) is 0.875. The van der Waals surface area contributed by atoms with Crippen LogP contribution < -0.4 is 0 Å². The minimum Gasteiger partial charge on any atom is -0.376 e. The molecule has 2 saturated heterocycles. The van der Waals surface area contributed by atoms with Gasteiger partial charge in [0.1, 0.15) is 18.5 Å². The maximum atomic E-state index is 10.1. The number of carbonyl (C=O) groups is 1. The molecule has 0 spiro atoms. The molecule has 2 aliphatic rings. The first-order valence-electron chi connectivity index (χ1n) is 11.8. The zero-order chi connectivity index (χ0) is 20.1. The van der Waals surface area contributed by atoms with Crippen LogP contribution in [0.1, 0.15) is 96.8 Å². The molecule has 0 amide bonds. The molecule has 0 aliphatic carbocycles. The highest BCUT2D eigenvalue weighted by Gasteiger charge is 2.26. The number of hydrogen-bond acceptors (Lipinski definition) is 4. The summed E-state index contributed by atoms with van der Waals surface area (Å²) in [6.07, 6.45) is 24.4. The summed E-state index contributed by atoms with van der Waals surface area (Å²) < 4.78 is 15.1. The van der Waals surface area contributed by atoms with Gasteiger partial charge >= 0.3 is 0 Å². The lowest BCUT2D eigenvalue weighted by Gasteiger charge is -1.98. The second-order valence-electron chi connectivity index (χ2n) is 7.99. The van der Waals surface area contributed by atoms with Crippen molar-refractivity contribution < 1.29 is 19.0 Å². The van der Waals surface area contributed by atoms with Gasteiger partial charge in [-0.2, -0.15) is 0 Å². The second kappa shape index (κ2) is 19.6. The van der Waals surface area contributed by atoms with Crippen molar-refractivity contribution >= 4 is 6.29 Å². The molecule has 2 aliphatic heterocycles. The molecule has 0 aromatic heterocycles. The number of unbranched alkanes of at least 4 members (excludes halogenated alkanes) is 12. The van der Waals surface area contributed by atoms with Crippen LogP contribution in [0, 0.1) is 0 Å². The van der Waals surface area contributed by atoms with E-state index in [-0.39, 0.29) is 0 Å². The molecule has 2 rings (SSSR count). The van der Waals surface area contributed by atoms with Crippen LogP contribution in [0.25, 0.3) is 0 Å². The van der Waals surface area contributed by atoms with Crippen LogP contribution in [-0.2, 0) is 19.0 Å². The van der Waals surface area contributed by atoms with Crippen molar-refractivity contribution in [2.75, 3.05) is 26.4 Å². The number of aldehydes is 1. The second-order valence-corrected chi connectivity index (χ2v) is 7.99. The molecule has 0 bridgehead atoms. The molecule has 28 heavy (non-hydrogen) atoms. The lowest BCUT2D eigenvalue weighted by Crippen LogP contribution is -2.06.